The highest BCUT2D eigenvalue weighted by Gasteiger charge is 2.33. The molecule has 4 heteroatoms. The molecule has 3 nitrogen and oxygen atoms in total. The normalized spacial score (nSPS) is 18.4. The Morgan fingerprint density at radius 1 is 1.06 bits per heavy atom. The van der Waals surface area contributed by atoms with Gasteiger partial charge in [-0.2, -0.15) is 0 Å². The van der Waals surface area contributed by atoms with E-state index in [1.54, 1.807) is 13.2 Å². The van der Waals surface area contributed by atoms with Crippen LogP contribution in [0.1, 0.15) is 37.7 Å². The standard InChI is InChI=1S/C14H20FNO2/c1-17-12-9-13(18-2)11(15)8-10(12)14(16)6-4-3-5-7-14/h8-9H,3-7,16H2,1-2H3. The Morgan fingerprint density at radius 2 is 1.67 bits per heavy atom. The van der Waals surface area contributed by atoms with Crippen LogP contribution in [0.5, 0.6) is 11.5 Å². The average Bonchev–Trinajstić information content (AvgIpc) is 2.39. The molecule has 0 radical (unpaired) electrons. The molecular weight excluding hydrogens is 233 g/mol. The summed E-state index contributed by atoms with van der Waals surface area (Å²) in [5.74, 6) is 0.413. The molecule has 0 heterocycles. The Kier molecular flexibility index (Phi) is 3.76. The zero-order valence-electron chi connectivity index (χ0n) is 11.0. The predicted molar refractivity (Wildman–Crippen MR) is 68.5 cm³/mol. The Hall–Kier alpha value is -1.29. The van der Waals surface area contributed by atoms with E-state index in [4.69, 9.17) is 15.2 Å². The summed E-state index contributed by atoms with van der Waals surface area (Å²) >= 11 is 0. The van der Waals surface area contributed by atoms with E-state index < -0.39 is 5.54 Å². The monoisotopic (exact) mass is 253 g/mol. The molecule has 0 spiro atoms. The van der Waals surface area contributed by atoms with Gasteiger partial charge in [0.15, 0.2) is 11.6 Å². The van der Waals surface area contributed by atoms with Crippen LogP contribution in [0.2, 0.25) is 0 Å². The van der Waals surface area contributed by atoms with E-state index in [1.165, 1.54) is 19.6 Å². The van der Waals surface area contributed by atoms with E-state index in [-0.39, 0.29) is 11.6 Å². The number of halogens is 1. The largest absolute Gasteiger partial charge is 0.496 e. The Morgan fingerprint density at radius 3 is 2.22 bits per heavy atom. The second-order valence-electron chi connectivity index (χ2n) is 4.90. The van der Waals surface area contributed by atoms with Crippen LogP contribution >= 0.6 is 0 Å². The highest BCUT2D eigenvalue weighted by atomic mass is 19.1. The number of nitrogens with two attached hydrogens (primary N) is 1. The lowest BCUT2D eigenvalue weighted by Crippen LogP contribution is -2.39. The summed E-state index contributed by atoms with van der Waals surface area (Å²) in [5.41, 5.74) is 6.71. The first-order valence-corrected chi connectivity index (χ1v) is 6.31. The van der Waals surface area contributed by atoms with Gasteiger partial charge >= 0.3 is 0 Å². The maximum atomic E-state index is 13.9. The van der Waals surface area contributed by atoms with E-state index >= 15 is 0 Å². The lowest BCUT2D eigenvalue weighted by molar-refractivity contribution is 0.285. The van der Waals surface area contributed by atoms with Crippen molar-refractivity contribution in [1.82, 2.24) is 0 Å². The van der Waals surface area contributed by atoms with Crippen molar-refractivity contribution in [1.29, 1.82) is 0 Å². The Balaban J connectivity index is 2.45. The van der Waals surface area contributed by atoms with E-state index in [1.807, 2.05) is 0 Å². The topological polar surface area (TPSA) is 44.5 Å². The number of rotatable bonds is 3. The van der Waals surface area contributed by atoms with Crippen LogP contribution in [0, 0.1) is 5.82 Å². The van der Waals surface area contributed by atoms with Crippen molar-refractivity contribution in [2.24, 2.45) is 5.73 Å². The van der Waals surface area contributed by atoms with Gasteiger partial charge in [0, 0.05) is 17.2 Å². The third-order valence-electron chi connectivity index (χ3n) is 3.76. The predicted octanol–water partition coefficient (Wildman–Crippen LogP) is 2.96. The fraction of sp³-hybridized carbons (Fsp3) is 0.571. The summed E-state index contributed by atoms with van der Waals surface area (Å²) in [6.45, 7) is 0. The molecule has 1 aliphatic carbocycles. The fourth-order valence-electron chi connectivity index (χ4n) is 2.70. The molecule has 100 valence electrons. The van der Waals surface area contributed by atoms with Gasteiger partial charge in [-0.3, -0.25) is 0 Å². The lowest BCUT2D eigenvalue weighted by atomic mass is 9.77. The van der Waals surface area contributed by atoms with Crippen LogP contribution in [-0.2, 0) is 5.54 Å². The van der Waals surface area contributed by atoms with Crippen molar-refractivity contribution in [3.8, 4) is 11.5 Å². The lowest BCUT2D eigenvalue weighted by Gasteiger charge is -2.35. The molecular formula is C14H20FNO2. The fourth-order valence-corrected chi connectivity index (χ4v) is 2.70. The Bertz CT molecular complexity index is 428. The van der Waals surface area contributed by atoms with Crippen molar-refractivity contribution in [2.75, 3.05) is 14.2 Å². The second kappa shape index (κ2) is 5.14. The molecule has 0 atom stereocenters. The van der Waals surface area contributed by atoms with Crippen LogP contribution in [0.3, 0.4) is 0 Å². The summed E-state index contributed by atoms with van der Waals surface area (Å²) in [6, 6.07) is 3.04. The van der Waals surface area contributed by atoms with Gasteiger partial charge in [-0.25, -0.2) is 4.39 Å². The Labute approximate surface area is 107 Å². The summed E-state index contributed by atoms with van der Waals surface area (Å²) in [6.07, 6.45) is 5.09. The highest BCUT2D eigenvalue weighted by molar-refractivity contribution is 5.45. The molecule has 2 rings (SSSR count). The van der Waals surface area contributed by atoms with E-state index in [0.29, 0.717) is 5.75 Å². The van der Waals surface area contributed by atoms with Gasteiger partial charge in [-0.15, -0.1) is 0 Å². The van der Waals surface area contributed by atoms with E-state index in [9.17, 15) is 4.39 Å². The highest BCUT2D eigenvalue weighted by Crippen LogP contribution is 2.41. The van der Waals surface area contributed by atoms with Gasteiger partial charge in [0.25, 0.3) is 0 Å². The van der Waals surface area contributed by atoms with Crippen molar-refractivity contribution >= 4 is 0 Å². The van der Waals surface area contributed by atoms with E-state index in [0.717, 1.165) is 31.2 Å². The van der Waals surface area contributed by atoms with Crippen LogP contribution in [-0.4, -0.2) is 14.2 Å². The smallest absolute Gasteiger partial charge is 0.165 e. The minimum Gasteiger partial charge on any atom is -0.496 e. The third-order valence-corrected chi connectivity index (χ3v) is 3.76. The number of hydrogen-bond acceptors (Lipinski definition) is 3. The number of methoxy groups -OCH3 is 2. The molecule has 18 heavy (non-hydrogen) atoms. The molecule has 2 N–H and O–H groups in total. The number of ether oxygens (including phenoxy) is 2. The summed E-state index contributed by atoms with van der Waals surface area (Å²) < 4.78 is 24.2. The molecule has 1 aromatic carbocycles. The molecule has 0 amide bonds. The summed E-state index contributed by atoms with van der Waals surface area (Å²) in [5, 5.41) is 0. The van der Waals surface area contributed by atoms with Crippen molar-refractivity contribution in [2.45, 2.75) is 37.6 Å². The maximum Gasteiger partial charge on any atom is 0.165 e. The third kappa shape index (κ3) is 2.29. The summed E-state index contributed by atoms with van der Waals surface area (Å²) in [4.78, 5) is 0. The molecule has 1 aliphatic rings. The van der Waals surface area contributed by atoms with Crippen molar-refractivity contribution < 1.29 is 13.9 Å². The minimum absolute atomic E-state index is 0.190. The van der Waals surface area contributed by atoms with Gasteiger partial charge in [0.1, 0.15) is 5.75 Å². The first-order chi connectivity index (χ1) is 8.60. The van der Waals surface area contributed by atoms with E-state index in [2.05, 4.69) is 0 Å². The SMILES string of the molecule is COc1cc(OC)c(C2(N)CCCCC2)cc1F. The van der Waals surface area contributed by atoms with Gasteiger partial charge in [0.2, 0.25) is 0 Å². The second-order valence-corrected chi connectivity index (χ2v) is 4.90. The number of benzene rings is 1. The number of hydrogen-bond donors (Lipinski definition) is 1. The van der Waals surface area contributed by atoms with Crippen LogP contribution < -0.4 is 15.2 Å². The average molecular weight is 253 g/mol. The zero-order valence-corrected chi connectivity index (χ0v) is 11.0. The van der Waals surface area contributed by atoms with Crippen LogP contribution in [0.15, 0.2) is 12.1 Å². The maximum absolute atomic E-state index is 13.9. The molecule has 0 saturated heterocycles. The van der Waals surface area contributed by atoms with Crippen molar-refractivity contribution in [3.63, 3.8) is 0 Å². The molecule has 0 aromatic heterocycles. The first kappa shape index (κ1) is 13.1. The van der Waals surface area contributed by atoms with Crippen molar-refractivity contribution in [3.05, 3.63) is 23.5 Å². The van der Waals surface area contributed by atoms with Gasteiger partial charge < -0.3 is 15.2 Å². The van der Waals surface area contributed by atoms with Gasteiger partial charge in [-0.1, -0.05) is 19.3 Å². The van der Waals surface area contributed by atoms with Crippen LogP contribution in [0.4, 0.5) is 4.39 Å². The summed E-state index contributed by atoms with van der Waals surface area (Å²) in [7, 11) is 3.01. The first-order valence-electron chi connectivity index (χ1n) is 6.31. The molecule has 1 fully saturated rings. The zero-order chi connectivity index (χ0) is 13.2. The quantitative estimate of drug-likeness (QED) is 0.900. The molecule has 1 aromatic rings. The molecule has 1 saturated carbocycles. The minimum atomic E-state index is -0.475. The molecule has 0 unspecified atom stereocenters. The van der Waals surface area contributed by atoms with Gasteiger partial charge in [0.05, 0.1) is 14.2 Å². The van der Waals surface area contributed by atoms with Crippen LogP contribution in [0.25, 0.3) is 0 Å². The van der Waals surface area contributed by atoms with Gasteiger partial charge in [-0.05, 0) is 18.9 Å². The molecule has 0 bridgehead atoms. The molecule has 0 aliphatic heterocycles.